The third kappa shape index (κ3) is 6.75. The normalized spacial score (nSPS) is 12.2. The van der Waals surface area contributed by atoms with Gasteiger partial charge in [-0.3, -0.25) is 9.36 Å². The Morgan fingerprint density at radius 1 is 1.12 bits per heavy atom. The standard InChI is InChI=1S/C18H26NO6P/c1-13(2)6-11-16(18(21)23-3)19-17(20)15-9-7-14(8-10-15)12-26(22,24-4)25-5/h6-10,16H,11-12H2,1-5H3,(H,19,20)/t16-/m0/s1. The van der Waals surface area contributed by atoms with Crippen molar-refractivity contribution in [2.75, 3.05) is 21.3 Å². The molecule has 0 bridgehead atoms. The van der Waals surface area contributed by atoms with Crippen molar-refractivity contribution in [1.82, 2.24) is 5.32 Å². The topological polar surface area (TPSA) is 90.9 Å². The van der Waals surface area contributed by atoms with Crippen molar-refractivity contribution in [3.63, 3.8) is 0 Å². The van der Waals surface area contributed by atoms with Crippen LogP contribution < -0.4 is 5.32 Å². The van der Waals surface area contributed by atoms with E-state index in [1.807, 2.05) is 19.9 Å². The molecule has 0 saturated heterocycles. The Balaban J connectivity index is 2.84. The van der Waals surface area contributed by atoms with Gasteiger partial charge in [0.2, 0.25) is 0 Å². The average Bonchev–Trinajstić information content (AvgIpc) is 2.64. The highest BCUT2D eigenvalue weighted by molar-refractivity contribution is 7.52. The predicted octanol–water partition coefficient (Wildman–Crippen LogP) is 3.30. The van der Waals surface area contributed by atoms with E-state index in [4.69, 9.17) is 13.8 Å². The summed E-state index contributed by atoms with van der Waals surface area (Å²) in [5.41, 5.74) is 2.13. The van der Waals surface area contributed by atoms with Gasteiger partial charge in [0, 0.05) is 19.8 Å². The summed E-state index contributed by atoms with van der Waals surface area (Å²) in [6.45, 7) is 3.82. The summed E-state index contributed by atoms with van der Waals surface area (Å²) in [5.74, 6) is -0.899. The van der Waals surface area contributed by atoms with Crippen molar-refractivity contribution in [2.24, 2.45) is 0 Å². The van der Waals surface area contributed by atoms with Crippen LogP contribution in [0, 0.1) is 0 Å². The number of hydrogen-bond acceptors (Lipinski definition) is 6. The quantitative estimate of drug-likeness (QED) is 0.400. The van der Waals surface area contributed by atoms with E-state index in [-0.39, 0.29) is 6.16 Å². The number of rotatable bonds is 9. The molecule has 0 aliphatic heterocycles. The van der Waals surface area contributed by atoms with Gasteiger partial charge in [-0.1, -0.05) is 23.8 Å². The second-order valence-electron chi connectivity index (χ2n) is 5.90. The molecule has 0 spiro atoms. The Kier molecular flexibility index (Phi) is 8.72. The van der Waals surface area contributed by atoms with E-state index < -0.39 is 25.5 Å². The van der Waals surface area contributed by atoms with Gasteiger partial charge < -0.3 is 19.1 Å². The van der Waals surface area contributed by atoms with Crippen molar-refractivity contribution < 1.29 is 27.9 Å². The van der Waals surface area contributed by atoms with Crippen LogP contribution in [0.5, 0.6) is 0 Å². The first kappa shape index (κ1) is 22.1. The van der Waals surface area contributed by atoms with Gasteiger partial charge >= 0.3 is 13.6 Å². The molecule has 0 unspecified atom stereocenters. The lowest BCUT2D eigenvalue weighted by Crippen LogP contribution is -2.41. The summed E-state index contributed by atoms with van der Waals surface area (Å²) in [6, 6.07) is 5.76. The van der Waals surface area contributed by atoms with E-state index in [0.717, 1.165) is 5.57 Å². The van der Waals surface area contributed by atoms with Gasteiger partial charge in [-0.05, 0) is 38.0 Å². The number of methoxy groups -OCH3 is 1. The maximum Gasteiger partial charge on any atom is 0.334 e. The molecule has 26 heavy (non-hydrogen) atoms. The Morgan fingerprint density at radius 2 is 1.69 bits per heavy atom. The number of ether oxygens (including phenoxy) is 1. The third-order valence-corrected chi connectivity index (χ3v) is 5.57. The Morgan fingerprint density at radius 3 is 2.15 bits per heavy atom. The first-order chi connectivity index (χ1) is 12.2. The zero-order valence-electron chi connectivity index (χ0n) is 15.8. The maximum atomic E-state index is 12.4. The highest BCUT2D eigenvalue weighted by Gasteiger charge is 2.23. The van der Waals surface area contributed by atoms with Crippen molar-refractivity contribution >= 4 is 19.5 Å². The molecule has 1 aromatic rings. The minimum atomic E-state index is -3.17. The minimum absolute atomic E-state index is 0.104. The number of carbonyl (C=O) groups is 2. The monoisotopic (exact) mass is 383 g/mol. The van der Waals surface area contributed by atoms with Gasteiger partial charge in [-0.2, -0.15) is 0 Å². The largest absolute Gasteiger partial charge is 0.467 e. The van der Waals surface area contributed by atoms with Gasteiger partial charge in [0.1, 0.15) is 6.04 Å². The minimum Gasteiger partial charge on any atom is -0.467 e. The molecule has 0 fully saturated rings. The zero-order valence-corrected chi connectivity index (χ0v) is 16.7. The van der Waals surface area contributed by atoms with Crippen LogP contribution in [0.25, 0.3) is 0 Å². The van der Waals surface area contributed by atoms with Crippen LogP contribution in [0.4, 0.5) is 0 Å². The van der Waals surface area contributed by atoms with E-state index in [2.05, 4.69) is 5.32 Å². The van der Waals surface area contributed by atoms with Crippen molar-refractivity contribution in [1.29, 1.82) is 0 Å². The molecule has 0 radical (unpaired) electrons. The SMILES string of the molecule is COC(=O)[C@H](CC=C(C)C)NC(=O)c1ccc(CP(=O)(OC)OC)cc1. The fourth-order valence-corrected chi connectivity index (χ4v) is 3.21. The van der Waals surface area contributed by atoms with Crippen LogP contribution in [0.3, 0.4) is 0 Å². The average molecular weight is 383 g/mol. The summed E-state index contributed by atoms with van der Waals surface area (Å²) in [6.07, 6.45) is 2.31. The fourth-order valence-electron chi connectivity index (χ4n) is 2.14. The van der Waals surface area contributed by atoms with Gasteiger partial charge in [-0.25, -0.2) is 4.79 Å². The summed E-state index contributed by atoms with van der Waals surface area (Å²) in [5, 5.41) is 2.67. The van der Waals surface area contributed by atoms with Crippen LogP contribution in [-0.4, -0.2) is 39.2 Å². The van der Waals surface area contributed by atoms with Crippen LogP contribution in [0.15, 0.2) is 35.9 Å². The number of nitrogens with one attached hydrogen (secondary N) is 1. The molecule has 0 saturated carbocycles. The fraction of sp³-hybridized carbons (Fsp3) is 0.444. The van der Waals surface area contributed by atoms with E-state index in [1.54, 1.807) is 24.3 Å². The first-order valence-corrected chi connectivity index (χ1v) is 9.79. The van der Waals surface area contributed by atoms with Crippen LogP contribution in [0.2, 0.25) is 0 Å². The van der Waals surface area contributed by atoms with Crippen LogP contribution in [0.1, 0.15) is 36.2 Å². The second kappa shape index (κ2) is 10.3. The molecule has 1 aromatic carbocycles. The molecular weight excluding hydrogens is 357 g/mol. The number of amides is 1. The summed E-state index contributed by atoms with van der Waals surface area (Å²) < 4.78 is 26.7. The molecule has 8 heteroatoms. The number of esters is 1. The first-order valence-electron chi connectivity index (χ1n) is 8.06. The lowest BCUT2D eigenvalue weighted by molar-refractivity contribution is -0.142. The molecule has 7 nitrogen and oxygen atoms in total. The predicted molar refractivity (Wildman–Crippen MR) is 99.1 cm³/mol. The summed E-state index contributed by atoms with van der Waals surface area (Å²) in [4.78, 5) is 24.2. The van der Waals surface area contributed by atoms with Crippen molar-refractivity contribution in [3.8, 4) is 0 Å². The summed E-state index contributed by atoms with van der Waals surface area (Å²) >= 11 is 0. The van der Waals surface area contributed by atoms with Crippen molar-refractivity contribution in [3.05, 3.63) is 47.0 Å². The van der Waals surface area contributed by atoms with Gasteiger partial charge in [-0.15, -0.1) is 0 Å². The van der Waals surface area contributed by atoms with Gasteiger partial charge in [0.05, 0.1) is 13.3 Å². The van der Waals surface area contributed by atoms with E-state index >= 15 is 0 Å². The molecule has 1 amide bonds. The lowest BCUT2D eigenvalue weighted by atomic mass is 10.1. The third-order valence-electron chi connectivity index (χ3n) is 3.70. The number of benzene rings is 1. The zero-order chi connectivity index (χ0) is 19.7. The van der Waals surface area contributed by atoms with Crippen molar-refractivity contribution in [2.45, 2.75) is 32.5 Å². The Hall–Kier alpha value is -1.95. The van der Waals surface area contributed by atoms with E-state index in [9.17, 15) is 14.2 Å². The van der Waals surface area contributed by atoms with E-state index in [0.29, 0.717) is 17.5 Å². The molecule has 144 valence electrons. The smallest absolute Gasteiger partial charge is 0.334 e. The lowest BCUT2D eigenvalue weighted by Gasteiger charge is -2.16. The molecular formula is C18H26NO6P. The summed E-state index contributed by atoms with van der Waals surface area (Å²) in [7, 11) is 0.762. The molecule has 1 N–H and O–H groups in total. The molecule has 0 aromatic heterocycles. The molecule has 0 aliphatic carbocycles. The van der Waals surface area contributed by atoms with Gasteiger partial charge in [0.15, 0.2) is 0 Å². The Bertz CT molecular complexity index is 686. The highest BCUT2D eigenvalue weighted by atomic mass is 31.2. The second-order valence-corrected chi connectivity index (χ2v) is 8.17. The van der Waals surface area contributed by atoms with Gasteiger partial charge in [0.25, 0.3) is 5.91 Å². The number of allylic oxidation sites excluding steroid dienone is 1. The molecule has 1 atom stereocenters. The van der Waals surface area contributed by atoms with Crippen LogP contribution >= 0.6 is 7.60 Å². The molecule has 0 heterocycles. The molecule has 1 rings (SSSR count). The maximum absolute atomic E-state index is 12.4. The van der Waals surface area contributed by atoms with E-state index in [1.165, 1.54) is 21.3 Å². The van der Waals surface area contributed by atoms with Crippen LogP contribution in [-0.2, 0) is 29.3 Å². The number of hydrogen-bond donors (Lipinski definition) is 1. The molecule has 0 aliphatic rings. The Labute approximate surface area is 154 Å². The number of carbonyl (C=O) groups excluding carboxylic acids is 2. The highest BCUT2D eigenvalue weighted by Crippen LogP contribution is 2.49.